The molecule has 0 heterocycles. The largest absolute Gasteiger partial charge is 0.480 e. The molecule has 108 valence electrons. The maximum absolute atomic E-state index is 11.7. The molecule has 0 amide bonds. The van der Waals surface area contributed by atoms with Crippen LogP contribution in [0.2, 0.25) is 0 Å². The Morgan fingerprint density at radius 3 is 2.33 bits per heavy atom. The second kappa shape index (κ2) is 7.73. The highest BCUT2D eigenvalue weighted by atomic mass is 32.2. The molecule has 0 spiro atoms. The molecule has 0 bridgehead atoms. The van der Waals surface area contributed by atoms with Gasteiger partial charge in [0, 0.05) is 23.2 Å². The van der Waals surface area contributed by atoms with E-state index in [1.165, 1.54) is 0 Å². The maximum Gasteiger partial charge on any atom is 0.411 e. The van der Waals surface area contributed by atoms with E-state index >= 15 is 0 Å². The van der Waals surface area contributed by atoms with Crippen LogP contribution >= 0.6 is 0 Å². The standard InChI is InChI=1S/C10H17F3O4S/c1-7(2)8(9(14)15)18(16)5-3-4-17-6-10(11,12)13/h7-8H,3-6H2,1-2H3,(H,14,15). The van der Waals surface area contributed by atoms with Crippen LogP contribution in [0, 0.1) is 5.92 Å². The average molecular weight is 290 g/mol. The van der Waals surface area contributed by atoms with Crippen molar-refractivity contribution < 1.29 is 32.0 Å². The van der Waals surface area contributed by atoms with E-state index in [2.05, 4.69) is 4.74 Å². The molecule has 0 saturated carbocycles. The molecule has 4 nitrogen and oxygen atoms in total. The molecule has 0 saturated heterocycles. The minimum absolute atomic E-state index is 0.0208. The van der Waals surface area contributed by atoms with Crippen molar-refractivity contribution in [3.63, 3.8) is 0 Å². The summed E-state index contributed by atoms with van der Waals surface area (Å²) in [6.07, 6.45) is -4.24. The zero-order chi connectivity index (χ0) is 14.3. The van der Waals surface area contributed by atoms with E-state index in [9.17, 15) is 22.2 Å². The molecule has 0 radical (unpaired) electrons. The summed E-state index contributed by atoms with van der Waals surface area (Å²) in [5.74, 6) is -1.42. The summed E-state index contributed by atoms with van der Waals surface area (Å²) in [4.78, 5) is 10.8. The number of hydrogen-bond donors (Lipinski definition) is 1. The first-order valence-corrected chi connectivity index (χ1v) is 6.78. The Bertz CT molecular complexity index is 291. The topological polar surface area (TPSA) is 63.6 Å². The Morgan fingerprint density at radius 2 is 1.94 bits per heavy atom. The first-order valence-electron chi connectivity index (χ1n) is 5.39. The molecule has 18 heavy (non-hydrogen) atoms. The number of halogens is 3. The fourth-order valence-electron chi connectivity index (χ4n) is 1.32. The maximum atomic E-state index is 11.7. The number of ether oxygens (including phenoxy) is 1. The SMILES string of the molecule is CC(C)C(C(=O)O)S(=O)CCCOCC(F)(F)F. The molecule has 2 atom stereocenters. The first kappa shape index (κ1) is 17.4. The zero-order valence-electron chi connectivity index (χ0n) is 10.2. The summed E-state index contributed by atoms with van der Waals surface area (Å²) in [6.45, 7) is 1.75. The Hall–Kier alpha value is -0.630. The van der Waals surface area contributed by atoms with Crippen LogP contribution in [-0.2, 0) is 20.3 Å². The molecule has 0 aliphatic rings. The van der Waals surface area contributed by atoms with Gasteiger partial charge in [-0.25, -0.2) is 0 Å². The van der Waals surface area contributed by atoms with Crippen molar-refractivity contribution in [2.45, 2.75) is 31.7 Å². The fourth-order valence-corrected chi connectivity index (χ4v) is 2.81. The van der Waals surface area contributed by atoms with Gasteiger partial charge < -0.3 is 9.84 Å². The van der Waals surface area contributed by atoms with Crippen LogP contribution in [0.25, 0.3) is 0 Å². The van der Waals surface area contributed by atoms with Crippen LogP contribution in [0.1, 0.15) is 20.3 Å². The lowest BCUT2D eigenvalue weighted by atomic mass is 10.1. The van der Waals surface area contributed by atoms with E-state index in [4.69, 9.17) is 5.11 Å². The van der Waals surface area contributed by atoms with E-state index in [1.807, 2.05) is 0 Å². The highest BCUT2D eigenvalue weighted by Gasteiger charge is 2.29. The number of carboxylic acids is 1. The van der Waals surface area contributed by atoms with Gasteiger partial charge in [0.25, 0.3) is 0 Å². The van der Waals surface area contributed by atoms with Crippen LogP contribution < -0.4 is 0 Å². The third-order valence-corrected chi connectivity index (χ3v) is 4.04. The minimum atomic E-state index is -4.37. The van der Waals surface area contributed by atoms with Crippen molar-refractivity contribution in [2.24, 2.45) is 5.92 Å². The van der Waals surface area contributed by atoms with E-state index in [-0.39, 0.29) is 24.7 Å². The van der Waals surface area contributed by atoms with Crippen molar-refractivity contribution in [3.05, 3.63) is 0 Å². The van der Waals surface area contributed by atoms with E-state index in [0.717, 1.165) is 0 Å². The van der Waals surface area contributed by atoms with Gasteiger partial charge in [-0.15, -0.1) is 0 Å². The quantitative estimate of drug-likeness (QED) is 0.693. The summed E-state index contributed by atoms with van der Waals surface area (Å²) < 4.78 is 51.1. The molecule has 0 aliphatic heterocycles. The number of rotatable bonds is 8. The van der Waals surface area contributed by atoms with Crippen molar-refractivity contribution >= 4 is 16.8 Å². The van der Waals surface area contributed by atoms with Crippen molar-refractivity contribution in [3.8, 4) is 0 Å². The Morgan fingerprint density at radius 1 is 1.39 bits per heavy atom. The number of alkyl halides is 3. The highest BCUT2D eigenvalue weighted by Crippen LogP contribution is 2.15. The number of aliphatic carboxylic acids is 1. The molecule has 0 fully saturated rings. The monoisotopic (exact) mass is 290 g/mol. The van der Waals surface area contributed by atoms with Crippen molar-refractivity contribution in [1.82, 2.24) is 0 Å². The lowest BCUT2D eigenvalue weighted by Crippen LogP contribution is -2.32. The van der Waals surface area contributed by atoms with E-state index in [0.29, 0.717) is 0 Å². The van der Waals surface area contributed by atoms with Gasteiger partial charge in [0.15, 0.2) is 0 Å². The molecule has 1 N–H and O–H groups in total. The highest BCUT2D eigenvalue weighted by molar-refractivity contribution is 7.86. The van der Waals surface area contributed by atoms with Gasteiger partial charge in [0.05, 0.1) is 0 Å². The molecular weight excluding hydrogens is 273 g/mol. The van der Waals surface area contributed by atoms with E-state index in [1.54, 1.807) is 13.8 Å². The average Bonchev–Trinajstić information content (AvgIpc) is 2.13. The van der Waals surface area contributed by atoms with Gasteiger partial charge in [-0.3, -0.25) is 9.00 Å². The fraction of sp³-hybridized carbons (Fsp3) is 0.900. The Kier molecular flexibility index (Phi) is 7.46. The van der Waals surface area contributed by atoms with E-state index < -0.39 is 34.8 Å². The van der Waals surface area contributed by atoms with Gasteiger partial charge >= 0.3 is 12.1 Å². The normalized spacial score (nSPS) is 15.7. The number of carboxylic acid groups (broad SMARTS) is 1. The van der Waals surface area contributed by atoms with Crippen LogP contribution in [-0.4, -0.2) is 45.7 Å². The third-order valence-electron chi connectivity index (χ3n) is 2.03. The van der Waals surface area contributed by atoms with Gasteiger partial charge in [-0.2, -0.15) is 13.2 Å². The van der Waals surface area contributed by atoms with Gasteiger partial charge in [-0.1, -0.05) is 13.8 Å². The predicted octanol–water partition coefficient (Wildman–Crippen LogP) is 1.81. The molecular formula is C10H17F3O4S. The summed E-state index contributed by atoms with van der Waals surface area (Å²) in [5, 5.41) is 7.86. The van der Waals surface area contributed by atoms with Crippen molar-refractivity contribution in [1.29, 1.82) is 0 Å². The molecule has 2 unspecified atom stereocenters. The second-order valence-electron chi connectivity index (χ2n) is 4.11. The molecule has 8 heteroatoms. The van der Waals surface area contributed by atoms with Gasteiger partial charge in [-0.05, 0) is 12.3 Å². The van der Waals surface area contributed by atoms with Crippen molar-refractivity contribution in [2.75, 3.05) is 19.0 Å². The molecule has 0 aromatic heterocycles. The number of hydrogen-bond acceptors (Lipinski definition) is 3. The van der Waals surface area contributed by atoms with Gasteiger partial charge in [0.1, 0.15) is 11.9 Å². The van der Waals surface area contributed by atoms with Crippen LogP contribution in [0.5, 0.6) is 0 Å². The van der Waals surface area contributed by atoms with Crippen LogP contribution in [0.15, 0.2) is 0 Å². The second-order valence-corrected chi connectivity index (χ2v) is 5.79. The first-order chi connectivity index (χ1) is 8.15. The third kappa shape index (κ3) is 7.65. The zero-order valence-corrected chi connectivity index (χ0v) is 11.0. The van der Waals surface area contributed by atoms with Crippen LogP contribution in [0.4, 0.5) is 13.2 Å². The Labute approximate surface area is 106 Å². The smallest absolute Gasteiger partial charge is 0.411 e. The molecule has 0 rings (SSSR count). The molecule has 0 aliphatic carbocycles. The lowest BCUT2D eigenvalue weighted by Gasteiger charge is -2.15. The summed E-state index contributed by atoms with van der Waals surface area (Å²) in [7, 11) is -1.60. The molecule has 0 aromatic rings. The summed E-state index contributed by atoms with van der Waals surface area (Å²) in [5.41, 5.74) is 0. The summed E-state index contributed by atoms with van der Waals surface area (Å²) in [6, 6.07) is 0. The van der Waals surface area contributed by atoms with Crippen LogP contribution in [0.3, 0.4) is 0 Å². The van der Waals surface area contributed by atoms with Gasteiger partial charge in [0.2, 0.25) is 0 Å². The Balaban J connectivity index is 3.93. The lowest BCUT2D eigenvalue weighted by molar-refractivity contribution is -0.173. The summed E-state index contributed by atoms with van der Waals surface area (Å²) >= 11 is 0. The molecule has 0 aromatic carbocycles. The number of carbonyl (C=O) groups is 1. The minimum Gasteiger partial charge on any atom is -0.480 e. The predicted molar refractivity (Wildman–Crippen MR) is 60.8 cm³/mol.